The number of carbonyl (C=O) groups excluding carboxylic acids is 2. The molecule has 204 valence electrons. The van der Waals surface area contributed by atoms with Crippen molar-refractivity contribution < 1.29 is 36.6 Å². The minimum absolute atomic E-state index is 0.0340. The van der Waals surface area contributed by atoms with E-state index in [2.05, 4.69) is 5.32 Å². The van der Waals surface area contributed by atoms with E-state index in [0.717, 1.165) is 17.7 Å². The zero-order chi connectivity index (χ0) is 28.2. The maximum absolute atomic E-state index is 13.7. The number of hydrogen-bond donors (Lipinski definition) is 1. The molecule has 0 atom stereocenters. The van der Waals surface area contributed by atoms with Gasteiger partial charge in [0.2, 0.25) is 5.91 Å². The van der Waals surface area contributed by atoms with Gasteiger partial charge in [-0.25, -0.2) is 9.18 Å². The van der Waals surface area contributed by atoms with Gasteiger partial charge in [-0.05, 0) is 97.0 Å². The molecule has 0 aliphatic heterocycles. The number of benzene rings is 3. The maximum atomic E-state index is 13.7. The Labute approximate surface area is 223 Å². The predicted molar refractivity (Wildman–Crippen MR) is 140 cm³/mol. The minimum Gasteiger partial charge on any atom is -0.488 e. The van der Waals surface area contributed by atoms with Crippen molar-refractivity contribution in [2.45, 2.75) is 45.9 Å². The van der Waals surface area contributed by atoms with E-state index in [-0.39, 0.29) is 30.4 Å². The van der Waals surface area contributed by atoms with E-state index in [1.54, 1.807) is 31.2 Å². The molecule has 5 nitrogen and oxygen atoms in total. The summed E-state index contributed by atoms with van der Waals surface area (Å²) >= 11 is 0. The molecule has 0 spiro atoms. The summed E-state index contributed by atoms with van der Waals surface area (Å²) in [5.41, 5.74) is 2.73. The highest BCUT2D eigenvalue weighted by Gasteiger charge is 2.32. The standard InChI is InChI=1S/C30H27F4NO4/c1-3-38-29(37)21-13-20(14-24(15-21)35-18(2)36)25-5-4-6-26(25)27-16-22(30(32,33)34)9-12-28(27)39-17-19-7-10-23(31)11-8-19/h7-16H,3-6,17H2,1-2H3,(H,35,36). The second-order valence-corrected chi connectivity index (χ2v) is 9.14. The fourth-order valence-electron chi connectivity index (χ4n) is 4.58. The Morgan fingerprint density at radius 1 is 0.949 bits per heavy atom. The molecule has 39 heavy (non-hydrogen) atoms. The van der Waals surface area contributed by atoms with Crippen LogP contribution in [0.1, 0.15) is 65.7 Å². The van der Waals surface area contributed by atoms with Gasteiger partial charge >= 0.3 is 12.1 Å². The summed E-state index contributed by atoms with van der Waals surface area (Å²) in [4.78, 5) is 24.3. The summed E-state index contributed by atoms with van der Waals surface area (Å²) in [6.45, 7) is 3.21. The summed E-state index contributed by atoms with van der Waals surface area (Å²) in [6, 6.07) is 13.8. The summed E-state index contributed by atoms with van der Waals surface area (Å²) in [5.74, 6) is -1.06. The molecule has 0 fully saturated rings. The van der Waals surface area contributed by atoms with E-state index in [1.165, 1.54) is 31.2 Å². The van der Waals surface area contributed by atoms with Crippen molar-refractivity contribution in [3.63, 3.8) is 0 Å². The predicted octanol–water partition coefficient (Wildman–Crippen LogP) is 7.65. The first-order valence-electron chi connectivity index (χ1n) is 12.5. The number of allylic oxidation sites excluding steroid dienone is 2. The number of nitrogens with one attached hydrogen (secondary N) is 1. The first-order valence-corrected chi connectivity index (χ1v) is 12.5. The van der Waals surface area contributed by atoms with Crippen LogP contribution in [0.2, 0.25) is 0 Å². The van der Waals surface area contributed by atoms with Crippen LogP contribution < -0.4 is 10.1 Å². The molecular weight excluding hydrogens is 514 g/mol. The lowest BCUT2D eigenvalue weighted by atomic mass is 9.93. The van der Waals surface area contributed by atoms with Gasteiger partial charge in [-0.1, -0.05) is 12.1 Å². The van der Waals surface area contributed by atoms with Gasteiger partial charge in [0.25, 0.3) is 0 Å². The highest BCUT2D eigenvalue weighted by molar-refractivity contribution is 5.99. The molecule has 4 rings (SSSR count). The summed E-state index contributed by atoms with van der Waals surface area (Å²) in [5, 5.41) is 2.67. The summed E-state index contributed by atoms with van der Waals surface area (Å²) < 4.78 is 65.5. The number of ether oxygens (including phenoxy) is 2. The van der Waals surface area contributed by atoms with Crippen molar-refractivity contribution >= 4 is 28.7 Å². The molecular formula is C30H27F4NO4. The van der Waals surface area contributed by atoms with Crippen molar-refractivity contribution in [1.82, 2.24) is 0 Å². The van der Waals surface area contributed by atoms with E-state index in [0.29, 0.717) is 47.2 Å². The second kappa shape index (κ2) is 11.7. The monoisotopic (exact) mass is 541 g/mol. The van der Waals surface area contributed by atoms with Gasteiger partial charge < -0.3 is 14.8 Å². The first kappa shape index (κ1) is 27.9. The molecule has 9 heteroatoms. The Morgan fingerprint density at radius 3 is 2.33 bits per heavy atom. The van der Waals surface area contributed by atoms with Crippen molar-refractivity contribution in [1.29, 1.82) is 0 Å². The third-order valence-corrected chi connectivity index (χ3v) is 6.27. The molecule has 3 aromatic rings. The van der Waals surface area contributed by atoms with E-state index < -0.39 is 23.5 Å². The lowest BCUT2D eigenvalue weighted by molar-refractivity contribution is -0.137. The van der Waals surface area contributed by atoms with Gasteiger partial charge in [0.15, 0.2) is 0 Å². The Balaban J connectivity index is 1.82. The molecule has 1 N–H and O–H groups in total. The Hall–Kier alpha value is -4.14. The lowest BCUT2D eigenvalue weighted by Crippen LogP contribution is -2.10. The normalized spacial score (nSPS) is 13.4. The highest BCUT2D eigenvalue weighted by Crippen LogP contribution is 2.45. The number of hydrogen-bond acceptors (Lipinski definition) is 4. The first-order chi connectivity index (χ1) is 18.5. The maximum Gasteiger partial charge on any atom is 0.416 e. The molecule has 1 aliphatic carbocycles. The number of halogens is 4. The average molecular weight is 542 g/mol. The molecule has 0 radical (unpaired) electrons. The zero-order valence-electron chi connectivity index (χ0n) is 21.5. The quantitative estimate of drug-likeness (QED) is 0.235. The van der Waals surface area contributed by atoms with Crippen molar-refractivity contribution in [3.05, 3.63) is 94.3 Å². The van der Waals surface area contributed by atoms with Crippen LogP contribution in [-0.4, -0.2) is 18.5 Å². The molecule has 0 heterocycles. The Morgan fingerprint density at radius 2 is 1.67 bits per heavy atom. The number of anilines is 1. The van der Waals surface area contributed by atoms with Crippen LogP contribution in [0.3, 0.4) is 0 Å². The minimum atomic E-state index is -4.56. The topological polar surface area (TPSA) is 64.6 Å². The van der Waals surface area contributed by atoms with Gasteiger partial charge in [0, 0.05) is 18.2 Å². The molecule has 0 bridgehead atoms. The molecule has 3 aromatic carbocycles. The van der Waals surface area contributed by atoms with Crippen LogP contribution in [0, 0.1) is 5.82 Å². The van der Waals surface area contributed by atoms with Gasteiger partial charge in [-0.2, -0.15) is 13.2 Å². The van der Waals surface area contributed by atoms with Crippen LogP contribution in [0.4, 0.5) is 23.2 Å². The van der Waals surface area contributed by atoms with Crippen LogP contribution in [0.25, 0.3) is 11.1 Å². The molecule has 0 unspecified atom stereocenters. The fourth-order valence-corrected chi connectivity index (χ4v) is 4.58. The van der Waals surface area contributed by atoms with Crippen molar-refractivity contribution in [2.24, 2.45) is 0 Å². The van der Waals surface area contributed by atoms with Crippen LogP contribution in [-0.2, 0) is 22.3 Å². The van der Waals surface area contributed by atoms with Crippen LogP contribution >= 0.6 is 0 Å². The van der Waals surface area contributed by atoms with Crippen molar-refractivity contribution in [2.75, 3.05) is 11.9 Å². The molecule has 0 saturated carbocycles. The Bertz CT molecular complexity index is 1410. The molecule has 1 amide bonds. The largest absolute Gasteiger partial charge is 0.488 e. The average Bonchev–Trinajstić information content (AvgIpc) is 3.37. The van der Waals surface area contributed by atoms with Gasteiger partial charge in [0.05, 0.1) is 17.7 Å². The summed E-state index contributed by atoms with van der Waals surface area (Å²) in [6.07, 6.45) is -2.85. The van der Waals surface area contributed by atoms with Crippen molar-refractivity contribution in [3.8, 4) is 5.75 Å². The second-order valence-electron chi connectivity index (χ2n) is 9.14. The van der Waals surface area contributed by atoms with E-state index in [9.17, 15) is 27.2 Å². The van der Waals surface area contributed by atoms with Gasteiger partial charge in [0.1, 0.15) is 18.2 Å². The van der Waals surface area contributed by atoms with Crippen LogP contribution in [0.15, 0.2) is 60.7 Å². The van der Waals surface area contributed by atoms with Gasteiger partial charge in [-0.15, -0.1) is 0 Å². The number of rotatable bonds is 8. The number of carbonyl (C=O) groups is 2. The Kier molecular flexibility index (Phi) is 8.38. The SMILES string of the molecule is CCOC(=O)c1cc(NC(C)=O)cc(C2=C(c3cc(C(F)(F)F)ccc3OCc3ccc(F)cc3)CCC2)c1. The number of esters is 1. The molecule has 0 saturated heterocycles. The van der Waals surface area contributed by atoms with E-state index >= 15 is 0 Å². The fraction of sp³-hybridized carbons (Fsp3) is 0.267. The third-order valence-electron chi connectivity index (χ3n) is 6.27. The number of amides is 1. The molecule has 0 aromatic heterocycles. The smallest absolute Gasteiger partial charge is 0.416 e. The van der Waals surface area contributed by atoms with E-state index in [1.807, 2.05) is 0 Å². The zero-order valence-corrected chi connectivity index (χ0v) is 21.5. The summed E-state index contributed by atoms with van der Waals surface area (Å²) in [7, 11) is 0. The van der Waals surface area contributed by atoms with Gasteiger partial charge in [-0.3, -0.25) is 4.79 Å². The lowest BCUT2D eigenvalue weighted by Gasteiger charge is -2.18. The van der Waals surface area contributed by atoms with E-state index in [4.69, 9.17) is 9.47 Å². The highest BCUT2D eigenvalue weighted by atomic mass is 19.4. The van der Waals surface area contributed by atoms with Crippen LogP contribution in [0.5, 0.6) is 5.75 Å². The third kappa shape index (κ3) is 6.85. The number of alkyl halides is 3. The molecule has 1 aliphatic rings.